The lowest BCUT2D eigenvalue weighted by Crippen LogP contribution is -2.33. The third-order valence-electron chi connectivity index (χ3n) is 6.22. The minimum atomic E-state index is -2.85. The van der Waals surface area contributed by atoms with Crippen molar-refractivity contribution in [1.29, 1.82) is 0 Å². The molecule has 0 saturated carbocycles. The van der Waals surface area contributed by atoms with Crippen LogP contribution in [0.1, 0.15) is 31.4 Å². The molecule has 35 heavy (non-hydrogen) atoms. The molecule has 3 aliphatic heterocycles. The Bertz CT molecular complexity index is 1300. The van der Waals surface area contributed by atoms with Crippen molar-refractivity contribution in [1.82, 2.24) is 9.97 Å². The monoisotopic (exact) mass is 483 g/mol. The molecule has 1 fully saturated rings. The summed E-state index contributed by atoms with van der Waals surface area (Å²) in [6.07, 6.45) is 3.09. The quantitative estimate of drug-likeness (QED) is 0.525. The zero-order chi connectivity index (χ0) is 24.8. The van der Waals surface area contributed by atoms with E-state index in [0.29, 0.717) is 16.9 Å². The van der Waals surface area contributed by atoms with Crippen LogP contribution >= 0.6 is 0 Å². The Morgan fingerprint density at radius 3 is 2.57 bits per heavy atom. The van der Waals surface area contributed by atoms with Crippen molar-refractivity contribution in [3.8, 4) is 22.6 Å². The zero-order valence-electron chi connectivity index (χ0n) is 19.3. The minimum Gasteiger partial charge on any atom is -0.462 e. The van der Waals surface area contributed by atoms with Gasteiger partial charge in [0.1, 0.15) is 18.2 Å². The molecular weight excluding hydrogens is 459 g/mol. The third kappa shape index (κ3) is 3.82. The van der Waals surface area contributed by atoms with Crippen LogP contribution in [-0.2, 0) is 10.3 Å². The summed E-state index contributed by atoms with van der Waals surface area (Å²) in [4.78, 5) is 14.0. The molecule has 0 amide bonds. The standard InChI is InChI=1S/C23H18F3N5O2.C2H6/c24-20-19-16(9-18(29-20)31-7-5-22(25,26)11-31)23(12-32-21(27)30-23)15-8-13(3-4-17(15)33-19)14-2-1-6-28-10-14;1-2/h1-4,6,8-10H,5,7,11-12H2,(H2,27,30);1-2H3/t23-;/m0./s1. The van der Waals surface area contributed by atoms with E-state index in [9.17, 15) is 8.78 Å². The van der Waals surface area contributed by atoms with Crippen molar-refractivity contribution in [3.05, 3.63) is 65.9 Å². The molecule has 3 aromatic rings. The van der Waals surface area contributed by atoms with Crippen LogP contribution in [0.4, 0.5) is 19.0 Å². The molecule has 1 aromatic carbocycles. The van der Waals surface area contributed by atoms with Crippen molar-refractivity contribution >= 4 is 11.8 Å². The van der Waals surface area contributed by atoms with Crippen LogP contribution < -0.4 is 15.4 Å². The van der Waals surface area contributed by atoms with E-state index in [1.165, 1.54) is 4.90 Å². The molecular formula is C25H24F3N5O2. The number of ether oxygens (including phenoxy) is 2. The lowest BCUT2D eigenvalue weighted by molar-refractivity contribution is 0.0256. The van der Waals surface area contributed by atoms with E-state index < -0.39 is 24.0 Å². The Kier molecular flexibility index (Phi) is 5.53. The lowest BCUT2D eigenvalue weighted by Gasteiger charge is -2.34. The Hall–Kier alpha value is -3.82. The number of hydrogen-bond donors (Lipinski definition) is 1. The molecule has 0 radical (unpaired) electrons. The number of hydrogen-bond acceptors (Lipinski definition) is 7. The first-order chi connectivity index (χ1) is 16.8. The maximum atomic E-state index is 15.2. The normalized spacial score (nSPS) is 21.3. The molecule has 0 unspecified atom stereocenters. The van der Waals surface area contributed by atoms with Gasteiger partial charge in [-0.05, 0) is 29.8 Å². The smallest absolute Gasteiger partial charge is 0.283 e. The number of anilines is 1. The number of aromatic nitrogens is 2. The summed E-state index contributed by atoms with van der Waals surface area (Å²) < 4.78 is 54.2. The average molecular weight is 483 g/mol. The van der Waals surface area contributed by atoms with Gasteiger partial charge in [-0.25, -0.2) is 13.8 Å². The molecule has 6 rings (SSSR count). The van der Waals surface area contributed by atoms with Gasteiger partial charge in [-0.2, -0.15) is 9.37 Å². The summed E-state index contributed by atoms with van der Waals surface area (Å²) in [7, 11) is 0. The van der Waals surface area contributed by atoms with Crippen LogP contribution in [0.2, 0.25) is 0 Å². The Morgan fingerprint density at radius 2 is 1.91 bits per heavy atom. The summed E-state index contributed by atoms with van der Waals surface area (Å²) >= 11 is 0. The van der Waals surface area contributed by atoms with E-state index in [2.05, 4.69) is 15.0 Å². The lowest BCUT2D eigenvalue weighted by atomic mass is 9.80. The highest BCUT2D eigenvalue weighted by molar-refractivity contribution is 5.78. The maximum Gasteiger partial charge on any atom is 0.283 e. The summed E-state index contributed by atoms with van der Waals surface area (Å²) in [6.45, 7) is 3.54. The predicted octanol–water partition coefficient (Wildman–Crippen LogP) is 4.85. The van der Waals surface area contributed by atoms with Crippen molar-refractivity contribution in [2.24, 2.45) is 10.7 Å². The van der Waals surface area contributed by atoms with Crippen molar-refractivity contribution < 1.29 is 22.6 Å². The number of fused-ring (bicyclic) bond motifs is 4. The number of halogens is 3. The first-order valence-corrected chi connectivity index (χ1v) is 11.4. The number of nitrogens with zero attached hydrogens (tertiary/aromatic N) is 4. The number of amidine groups is 1. The van der Waals surface area contributed by atoms with Crippen molar-refractivity contribution in [2.45, 2.75) is 31.7 Å². The third-order valence-corrected chi connectivity index (χ3v) is 6.22. The van der Waals surface area contributed by atoms with E-state index >= 15 is 4.39 Å². The molecule has 7 nitrogen and oxygen atoms in total. The number of pyridine rings is 2. The first kappa shape index (κ1) is 22.9. The molecule has 2 N–H and O–H groups in total. The van der Waals surface area contributed by atoms with Gasteiger partial charge in [0.05, 0.1) is 6.54 Å². The largest absolute Gasteiger partial charge is 0.462 e. The Labute approximate surface area is 200 Å². The van der Waals surface area contributed by atoms with Crippen LogP contribution in [0.25, 0.3) is 11.1 Å². The Balaban J connectivity index is 0.00000124. The molecule has 2 aromatic heterocycles. The highest BCUT2D eigenvalue weighted by Gasteiger charge is 2.49. The van der Waals surface area contributed by atoms with Gasteiger partial charge < -0.3 is 20.1 Å². The van der Waals surface area contributed by atoms with E-state index in [4.69, 9.17) is 15.2 Å². The number of nitrogens with two attached hydrogens (primary N) is 1. The SMILES string of the molecule is CC.NC1=N[C@@]2(CO1)c1cc(-c3cccnc3)ccc1Oc1c2cc(N2CCC(F)(F)C2)nc1F. The first-order valence-electron chi connectivity index (χ1n) is 11.4. The predicted molar refractivity (Wildman–Crippen MR) is 125 cm³/mol. The fourth-order valence-electron chi connectivity index (χ4n) is 4.60. The molecule has 1 atom stereocenters. The molecule has 1 spiro atoms. The van der Waals surface area contributed by atoms with Crippen LogP contribution in [0, 0.1) is 5.95 Å². The van der Waals surface area contributed by atoms with E-state index in [1.807, 2.05) is 38.1 Å². The fraction of sp³-hybridized carbons (Fsp3) is 0.320. The molecule has 5 heterocycles. The van der Waals surface area contributed by atoms with Crippen LogP contribution in [0.5, 0.6) is 11.5 Å². The van der Waals surface area contributed by atoms with Crippen molar-refractivity contribution in [2.75, 3.05) is 24.6 Å². The van der Waals surface area contributed by atoms with Gasteiger partial charge in [0, 0.05) is 42.0 Å². The number of alkyl halides is 2. The van der Waals surface area contributed by atoms with Crippen LogP contribution in [0.15, 0.2) is 53.8 Å². The number of aliphatic imine (C=N–C) groups is 1. The fourth-order valence-corrected chi connectivity index (χ4v) is 4.60. The summed E-state index contributed by atoms with van der Waals surface area (Å²) in [5.74, 6) is -3.39. The average Bonchev–Trinajstić information content (AvgIpc) is 3.44. The minimum absolute atomic E-state index is 0.0116. The molecule has 3 aliphatic rings. The second-order valence-corrected chi connectivity index (χ2v) is 8.33. The van der Waals surface area contributed by atoms with E-state index in [1.54, 1.807) is 24.5 Å². The molecule has 0 bridgehead atoms. The van der Waals surface area contributed by atoms with Gasteiger partial charge in [0.2, 0.25) is 0 Å². The maximum absolute atomic E-state index is 15.2. The van der Waals surface area contributed by atoms with Crippen LogP contribution in [0.3, 0.4) is 0 Å². The molecule has 182 valence electrons. The van der Waals surface area contributed by atoms with Gasteiger partial charge in [0.15, 0.2) is 11.3 Å². The van der Waals surface area contributed by atoms with Crippen LogP contribution in [-0.4, -0.2) is 41.6 Å². The molecule has 1 saturated heterocycles. The molecule has 10 heteroatoms. The second-order valence-electron chi connectivity index (χ2n) is 8.33. The zero-order valence-corrected chi connectivity index (χ0v) is 19.3. The summed E-state index contributed by atoms with van der Waals surface area (Å²) in [5, 5.41) is 0. The summed E-state index contributed by atoms with van der Waals surface area (Å²) in [6, 6.07) is 10.7. The van der Waals surface area contributed by atoms with Gasteiger partial charge in [-0.15, -0.1) is 0 Å². The Morgan fingerprint density at radius 1 is 1.09 bits per heavy atom. The number of benzene rings is 1. The van der Waals surface area contributed by atoms with Gasteiger partial charge in [0.25, 0.3) is 17.9 Å². The molecule has 0 aliphatic carbocycles. The van der Waals surface area contributed by atoms with E-state index in [-0.39, 0.29) is 37.2 Å². The van der Waals surface area contributed by atoms with Gasteiger partial charge in [-0.3, -0.25) is 4.98 Å². The highest BCUT2D eigenvalue weighted by Crippen LogP contribution is 2.53. The number of rotatable bonds is 2. The topological polar surface area (TPSA) is 85.9 Å². The summed E-state index contributed by atoms with van der Waals surface area (Å²) in [5.41, 5.74) is 7.37. The van der Waals surface area contributed by atoms with E-state index in [0.717, 1.165) is 11.1 Å². The van der Waals surface area contributed by atoms with Gasteiger partial charge in [-0.1, -0.05) is 26.0 Å². The highest BCUT2D eigenvalue weighted by atomic mass is 19.3. The van der Waals surface area contributed by atoms with Gasteiger partial charge >= 0.3 is 0 Å². The second kappa shape index (κ2) is 8.44. The van der Waals surface area contributed by atoms with Crippen molar-refractivity contribution in [3.63, 3.8) is 0 Å².